The van der Waals surface area contributed by atoms with Crippen molar-refractivity contribution in [1.29, 1.82) is 0 Å². The van der Waals surface area contributed by atoms with Crippen LogP contribution in [0.4, 0.5) is 13.2 Å². The average molecular weight is 356 g/mol. The van der Waals surface area contributed by atoms with Gasteiger partial charge in [-0.15, -0.1) is 0 Å². The lowest BCUT2D eigenvalue weighted by Gasteiger charge is -2.08. The van der Waals surface area contributed by atoms with Crippen molar-refractivity contribution in [2.75, 3.05) is 0 Å². The van der Waals surface area contributed by atoms with E-state index in [2.05, 4.69) is 5.10 Å². The summed E-state index contributed by atoms with van der Waals surface area (Å²) in [7, 11) is 0. The Labute approximate surface area is 145 Å². The normalized spacial score (nSPS) is 11.2. The Bertz CT molecular complexity index is 1140. The highest BCUT2D eigenvalue weighted by Crippen LogP contribution is 2.33. The topological polar surface area (TPSA) is 58.3 Å². The molecular weight excluding hydrogens is 345 g/mol. The van der Waals surface area contributed by atoms with Crippen LogP contribution in [0.15, 0.2) is 54.7 Å². The predicted molar refractivity (Wildman–Crippen MR) is 89.7 cm³/mol. The van der Waals surface area contributed by atoms with E-state index >= 15 is 0 Å². The van der Waals surface area contributed by atoms with Crippen LogP contribution in [0.25, 0.3) is 27.7 Å². The second-order valence-corrected chi connectivity index (χ2v) is 5.71. The zero-order valence-electron chi connectivity index (χ0n) is 13.1. The van der Waals surface area contributed by atoms with E-state index in [0.717, 1.165) is 22.0 Å². The van der Waals surface area contributed by atoms with E-state index in [1.807, 2.05) is 6.07 Å². The lowest BCUT2D eigenvalue weighted by atomic mass is 10.1. The largest absolute Gasteiger partial charge is 0.508 e. The monoisotopic (exact) mass is 356 g/mol. The molecule has 0 fully saturated rings. The molecule has 4 aromatic rings. The molecule has 130 valence electrons. The van der Waals surface area contributed by atoms with E-state index in [4.69, 9.17) is 0 Å². The summed E-state index contributed by atoms with van der Waals surface area (Å²) in [5.41, 5.74) is 1.61. The van der Waals surface area contributed by atoms with Gasteiger partial charge >= 0.3 is 0 Å². The average Bonchev–Trinajstić information content (AvgIpc) is 3.10. The van der Waals surface area contributed by atoms with Gasteiger partial charge in [0.05, 0.1) is 17.3 Å². The molecule has 7 heteroatoms. The molecule has 4 nitrogen and oxygen atoms in total. The van der Waals surface area contributed by atoms with Gasteiger partial charge in [0, 0.05) is 0 Å². The number of hydrogen-bond acceptors (Lipinski definition) is 3. The fraction of sp³-hybridized carbons (Fsp3) is 0. The molecular formula is C19H11F3N2O2. The van der Waals surface area contributed by atoms with Crippen molar-refractivity contribution < 1.29 is 23.4 Å². The van der Waals surface area contributed by atoms with Gasteiger partial charge in [-0.3, -0.25) is 0 Å². The molecule has 0 saturated heterocycles. The van der Waals surface area contributed by atoms with E-state index in [1.165, 1.54) is 0 Å². The van der Waals surface area contributed by atoms with Crippen LogP contribution in [0.1, 0.15) is 0 Å². The zero-order chi connectivity index (χ0) is 18.4. The first kappa shape index (κ1) is 16.0. The van der Waals surface area contributed by atoms with Crippen LogP contribution in [0.2, 0.25) is 0 Å². The van der Waals surface area contributed by atoms with Gasteiger partial charge in [0.25, 0.3) is 0 Å². The van der Waals surface area contributed by atoms with Crippen LogP contribution >= 0.6 is 0 Å². The quantitative estimate of drug-likeness (QED) is 0.519. The van der Waals surface area contributed by atoms with Crippen molar-refractivity contribution in [2.24, 2.45) is 0 Å². The van der Waals surface area contributed by atoms with Crippen molar-refractivity contribution in [3.05, 3.63) is 72.2 Å². The Morgan fingerprint density at radius 3 is 2.23 bits per heavy atom. The first-order chi connectivity index (χ1) is 12.5. The van der Waals surface area contributed by atoms with Gasteiger partial charge in [-0.2, -0.15) is 9.49 Å². The van der Waals surface area contributed by atoms with Crippen LogP contribution in [0, 0.1) is 17.5 Å². The van der Waals surface area contributed by atoms with Crippen molar-refractivity contribution in [3.63, 3.8) is 0 Å². The van der Waals surface area contributed by atoms with Gasteiger partial charge in [-0.25, -0.2) is 13.5 Å². The maximum atomic E-state index is 14.3. The van der Waals surface area contributed by atoms with Crippen molar-refractivity contribution in [3.8, 4) is 28.3 Å². The number of phenolic OH excluding ortho intramolecular Hbond substituents is 2. The minimum Gasteiger partial charge on any atom is -0.508 e. The molecule has 0 bridgehead atoms. The smallest absolute Gasteiger partial charge is 0.204 e. The molecule has 4 rings (SSSR count). The first-order valence-corrected chi connectivity index (χ1v) is 7.60. The second-order valence-electron chi connectivity index (χ2n) is 5.71. The SMILES string of the molecule is Oc1cccc(-c2ccc(-n3ncc4c(F)c(F)c(O)c(F)c43)cc2)c1. The molecule has 3 aromatic carbocycles. The number of hydrogen-bond donors (Lipinski definition) is 2. The number of rotatable bonds is 2. The Morgan fingerprint density at radius 2 is 1.54 bits per heavy atom. The van der Waals surface area contributed by atoms with Crippen LogP contribution in [0.3, 0.4) is 0 Å². The van der Waals surface area contributed by atoms with E-state index < -0.39 is 23.2 Å². The van der Waals surface area contributed by atoms with Crippen LogP contribution in [-0.2, 0) is 0 Å². The summed E-state index contributed by atoms with van der Waals surface area (Å²) < 4.78 is 42.7. The number of phenols is 2. The van der Waals surface area contributed by atoms with Crippen LogP contribution in [-0.4, -0.2) is 20.0 Å². The molecule has 0 aliphatic heterocycles. The van der Waals surface area contributed by atoms with Gasteiger partial charge in [0.2, 0.25) is 5.82 Å². The lowest BCUT2D eigenvalue weighted by Crippen LogP contribution is -2.00. The highest BCUT2D eigenvalue weighted by atomic mass is 19.2. The Morgan fingerprint density at radius 1 is 0.808 bits per heavy atom. The molecule has 0 aliphatic rings. The third-order valence-corrected chi connectivity index (χ3v) is 4.11. The molecule has 1 heterocycles. The van der Waals surface area contributed by atoms with E-state index in [9.17, 15) is 23.4 Å². The lowest BCUT2D eigenvalue weighted by molar-refractivity contribution is 0.381. The van der Waals surface area contributed by atoms with E-state index in [-0.39, 0.29) is 16.7 Å². The molecule has 0 unspecified atom stereocenters. The summed E-state index contributed by atoms with van der Waals surface area (Å²) in [6.07, 6.45) is 0.999. The molecule has 0 spiro atoms. The third-order valence-electron chi connectivity index (χ3n) is 4.11. The fourth-order valence-electron chi connectivity index (χ4n) is 2.83. The van der Waals surface area contributed by atoms with Crippen LogP contribution in [0.5, 0.6) is 11.5 Å². The first-order valence-electron chi connectivity index (χ1n) is 7.60. The van der Waals surface area contributed by atoms with Crippen molar-refractivity contribution >= 4 is 10.9 Å². The summed E-state index contributed by atoms with van der Waals surface area (Å²) in [6, 6.07) is 13.3. The third kappa shape index (κ3) is 2.36. The molecule has 0 aliphatic carbocycles. The summed E-state index contributed by atoms with van der Waals surface area (Å²) in [5, 5.41) is 22.5. The summed E-state index contributed by atoms with van der Waals surface area (Å²) >= 11 is 0. The van der Waals surface area contributed by atoms with Gasteiger partial charge in [0.1, 0.15) is 11.3 Å². The number of nitrogens with zero attached hydrogens (tertiary/aromatic N) is 2. The summed E-state index contributed by atoms with van der Waals surface area (Å²) in [6.45, 7) is 0. The van der Waals surface area contributed by atoms with Gasteiger partial charge < -0.3 is 10.2 Å². The molecule has 1 aromatic heterocycles. The van der Waals surface area contributed by atoms with Crippen molar-refractivity contribution in [1.82, 2.24) is 9.78 Å². The van der Waals surface area contributed by atoms with Gasteiger partial charge in [-0.05, 0) is 35.4 Å². The molecule has 0 radical (unpaired) electrons. The van der Waals surface area contributed by atoms with E-state index in [0.29, 0.717) is 5.69 Å². The maximum absolute atomic E-state index is 14.3. The number of aromatic nitrogens is 2. The standard InChI is InChI=1S/C19H11F3N2O2/c20-15-14-9-23-24(18(14)17(22)19(26)16(15)21)12-6-4-10(5-7-12)11-2-1-3-13(25)8-11/h1-9,25-26H. The molecule has 2 N–H and O–H groups in total. The highest BCUT2D eigenvalue weighted by Gasteiger charge is 2.23. The number of aromatic hydroxyl groups is 2. The number of benzene rings is 3. The van der Waals surface area contributed by atoms with Gasteiger partial charge in [-0.1, -0.05) is 24.3 Å². The minimum absolute atomic E-state index is 0.125. The van der Waals surface area contributed by atoms with Crippen molar-refractivity contribution in [2.45, 2.75) is 0 Å². The predicted octanol–water partition coefficient (Wildman–Crippen LogP) is 4.52. The molecule has 0 saturated carbocycles. The summed E-state index contributed by atoms with van der Waals surface area (Å²) in [5.74, 6) is -5.54. The zero-order valence-corrected chi connectivity index (χ0v) is 13.1. The Hall–Kier alpha value is -3.48. The molecule has 0 atom stereocenters. The van der Waals surface area contributed by atoms with Gasteiger partial charge in [0.15, 0.2) is 17.4 Å². The Kier molecular flexibility index (Phi) is 3.57. The number of halogens is 3. The second kappa shape index (κ2) is 5.80. The van der Waals surface area contributed by atoms with Crippen LogP contribution < -0.4 is 0 Å². The highest BCUT2D eigenvalue weighted by molar-refractivity contribution is 5.83. The molecule has 26 heavy (non-hydrogen) atoms. The number of fused-ring (bicyclic) bond motifs is 1. The minimum atomic E-state index is -1.64. The fourth-order valence-corrected chi connectivity index (χ4v) is 2.83. The van der Waals surface area contributed by atoms with E-state index in [1.54, 1.807) is 42.5 Å². The molecule has 0 amide bonds. The Balaban J connectivity index is 1.84. The maximum Gasteiger partial charge on any atom is 0.204 e. The summed E-state index contributed by atoms with van der Waals surface area (Å²) in [4.78, 5) is 0.